The second-order valence-corrected chi connectivity index (χ2v) is 7.94. The van der Waals surface area contributed by atoms with Crippen molar-refractivity contribution in [2.24, 2.45) is 5.10 Å². The fraction of sp³-hybridized carbons (Fsp3) is 0.0500. The second kappa shape index (κ2) is 9.02. The predicted molar refractivity (Wildman–Crippen MR) is 106 cm³/mol. The Morgan fingerprint density at radius 1 is 1.00 bits per heavy atom. The van der Waals surface area contributed by atoms with Crippen molar-refractivity contribution in [2.45, 2.75) is 11.5 Å². The first-order valence-corrected chi connectivity index (χ1v) is 10.2. The third-order valence-electron chi connectivity index (χ3n) is 3.82. The van der Waals surface area contributed by atoms with E-state index in [4.69, 9.17) is 16.3 Å². The topological polar surface area (TPSA) is 67.8 Å². The van der Waals surface area contributed by atoms with Gasteiger partial charge in [0.25, 0.3) is 10.0 Å². The zero-order valence-corrected chi connectivity index (χ0v) is 16.4. The minimum atomic E-state index is -3.93. The first-order valence-electron chi connectivity index (χ1n) is 8.31. The SMILES string of the molecule is O=S(=O)(N/N=C\c1ccccc1OCc1ccc(F)cc1Cl)c1ccc(F)cc1. The third kappa shape index (κ3) is 5.52. The molecule has 0 fully saturated rings. The first-order chi connectivity index (χ1) is 13.8. The average Bonchev–Trinajstić information content (AvgIpc) is 2.68. The highest BCUT2D eigenvalue weighted by molar-refractivity contribution is 7.89. The van der Waals surface area contributed by atoms with Gasteiger partial charge in [-0.1, -0.05) is 29.8 Å². The molecule has 1 N–H and O–H groups in total. The monoisotopic (exact) mass is 436 g/mol. The van der Waals surface area contributed by atoms with E-state index < -0.39 is 21.7 Å². The maximum absolute atomic E-state index is 13.1. The molecule has 5 nitrogen and oxygen atoms in total. The standard InChI is InChI=1S/C20H15ClF2N2O3S/c21-19-11-17(23)6-5-15(19)13-28-20-4-2-1-3-14(20)12-24-25-29(26,27)18-9-7-16(22)8-10-18/h1-12,25H,13H2/b24-12-. The molecule has 29 heavy (non-hydrogen) atoms. The summed E-state index contributed by atoms with van der Waals surface area (Å²) in [6.07, 6.45) is 1.28. The van der Waals surface area contributed by atoms with E-state index in [1.54, 1.807) is 24.3 Å². The Balaban J connectivity index is 1.70. The number of rotatable bonds is 7. The summed E-state index contributed by atoms with van der Waals surface area (Å²) in [6.45, 7) is 0.0886. The molecule has 3 rings (SSSR count). The molecule has 3 aromatic rings. The van der Waals surface area contributed by atoms with Gasteiger partial charge in [-0.05, 0) is 48.5 Å². The predicted octanol–water partition coefficient (Wildman–Crippen LogP) is 4.51. The molecule has 0 amide bonds. The summed E-state index contributed by atoms with van der Waals surface area (Å²) in [5.74, 6) is -0.558. The van der Waals surface area contributed by atoms with Gasteiger partial charge in [0.05, 0.1) is 16.1 Å². The van der Waals surface area contributed by atoms with Crippen LogP contribution in [0.3, 0.4) is 0 Å². The van der Waals surface area contributed by atoms with Gasteiger partial charge in [-0.3, -0.25) is 0 Å². The van der Waals surface area contributed by atoms with Gasteiger partial charge in [0.1, 0.15) is 24.0 Å². The van der Waals surface area contributed by atoms with Crippen LogP contribution in [0.1, 0.15) is 11.1 Å². The van der Waals surface area contributed by atoms with Crippen molar-refractivity contribution in [1.29, 1.82) is 0 Å². The van der Waals surface area contributed by atoms with Crippen molar-refractivity contribution in [3.05, 3.63) is 94.5 Å². The summed E-state index contributed by atoms with van der Waals surface area (Å²) in [5.41, 5.74) is 1.10. The van der Waals surface area contributed by atoms with Gasteiger partial charge in [0.15, 0.2) is 0 Å². The van der Waals surface area contributed by atoms with Crippen molar-refractivity contribution in [1.82, 2.24) is 4.83 Å². The lowest BCUT2D eigenvalue weighted by atomic mass is 10.2. The Bertz CT molecular complexity index is 1140. The lowest BCUT2D eigenvalue weighted by Crippen LogP contribution is -2.18. The van der Waals surface area contributed by atoms with Crippen LogP contribution in [0.15, 0.2) is 76.7 Å². The number of hydrogen-bond acceptors (Lipinski definition) is 4. The van der Waals surface area contributed by atoms with E-state index in [9.17, 15) is 17.2 Å². The Morgan fingerprint density at radius 2 is 1.69 bits per heavy atom. The van der Waals surface area contributed by atoms with Crippen LogP contribution in [0.5, 0.6) is 5.75 Å². The number of sulfonamides is 1. The molecule has 0 radical (unpaired) electrons. The van der Waals surface area contributed by atoms with Crippen molar-refractivity contribution in [3.8, 4) is 5.75 Å². The largest absolute Gasteiger partial charge is 0.488 e. The molecular formula is C20H15ClF2N2O3S. The van der Waals surface area contributed by atoms with Crippen LogP contribution in [-0.4, -0.2) is 14.6 Å². The maximum Gasteiger partial charge on any atom is 0.276 e. The first kappa shape index (κ1) is 20.8. The summed E-state index contributed by atoms with van der Waals surface area (Å²) in [4.78, 5) is 1.94. The lowest BCUT2D eigenvalue weighted by molar-refractivity contribution is 0.305. The van der Waals surface area contributed by atoms with Gasteiger partial charge >= 0.3 is 0 Å². The Kier molecular flexibility index (Phi) is 6.46. The lowest BCUT2D eigenvalue weighted by Gasteiger charge is -2.10. The summed E-state index contributed by atoms with van der Waals surface area (Å²) in [6, 6.07) is 15.2. The summed E-state index contributed by atoms with van der Waals surface area (Å²) >= 11 is 5.99. The van der Waals surface area contributed by atoms with Crippen LogP contribution in [0, 0.1) is 11.6 Å². The molecule has 0 atom stereocenters. The number of benzene rings is 3. The van der Waals surface area contributed by atoms with E-state index in [0.29, 0.717) is 16.9 Å². The smallest absolute Gasteiger partial charge is 0.276 e. The van der Waals surface area contributed by atoms with E-state index in [-0.39, 0.29) is 16.5 Å². The zero-order valence-electron chi connectivity index (χ0n) is 14.8. The van der Waals surface area contributed by atoms with Crippen LogP contribution >= 0.6 is 11.6 Å². The van der Waals surface area contributed by atoms with Gasteiger partial charge in [-0.25, -0.2) is 13.6 Å². The molecule has 0 aromatic heterocycles. The Labute approximate surface area is 171 Å². The molecule has 0 saturated carbocycles. The number of nitrogens with one attached hydrogen (secondary N) is 1. The molecule has 0 saturated heterocycles. The van der Waals surface area contributed by atoms with Crippen molar-refractivity contribution >= 4 is 27.8 Å². The van der Waals surface area contributed by atoms with Crippen molar-refractivity contribution in [3.63, 3.8) is 0 Å². The molecule has 0 spiro atoms. The number of ether oxygens (including phenoxy) is 1. The fourth-order valence-electron chi connectivity index (χ4n) is 2.34. The van der Waals surface area contributed by atoms with Gasteiger partial charge in [-0.15, -0.1) is 0 Å². The number of nitrogens with zero attached hydrogens (tertiary/aromatic N) is 1. The molecule has 0 aliphatic carbocycles. The summed E-state index contributed by atoms with van der Waals surface area (Å²) in [7, 11) is -3.93. The van der Waals surface area contributed by atoms with Gasteiger partial charge < -0.3 is 4.74 Å². The van der Waals surface area contributed by atoms with Crippen LogP contribution in [-0.2, 0) is 16.6 Å². The molecule has 9 heteroatoms. The highest BCUT2D eigenvalue weighted by atomic mass is 35.5. The highest BCUT2D eigenvalue weighted by Gasteiger charge is 2.12. The molecule has 0 bridgehead atoms. The van der Waals surface area contributed by atoms with Crippen LogP contribution in [0.2, 0.25) is 5.02 Å². The number of hydrogen-bond donors (Lipinski definition) is 1. The van der Waals surface area contributed by atoms with Gasteiger partial charge in [-0.2, -0.15) is 13.5 Å². The minimum Gasteiger partial charge on any atom is -0.488 e. The highest BCUT2D eigenvalue weighted by Crippen LogP contribution is 2.22. The zero-order chi connectivity index (χ0) is 20.9. The van der Waals surface area contributed by atoms with Crippen LogP contribution in [0.4, 0.5) is 8.78 Å². The number of halogens is 3. The van der Waals surface area contributed by atoms with Crippen molar-refractivity contribution in [2.75, 3.05) is 0 Å². The summed E-state index contributed by atoms with van der Waals surface area (Å²) < 4.78 is 56.1. The molecule has 0 aliphatic rings. The van der Waals surface area contributed by atoms with Crippen LogP contribution < -0.4 is 9.57 Å². The summed E-state index contributed by atoms with van der Waals surface area (Å²) in [5, 5.41) is 3.98. The van der Waals surface area contributed by atoms with Crippen molar-refractivity contribution < 1.29 is 21.9 Å². The third-order valence-corrected chi connectivity index (χ3v) is 5.41. The van der Waals surface area contributed by atoms with E-state index in [1.807, 2.05) is 0 Å². The molecule has 0 unspecified atom stereocenters. The van der Waals surface area contributed by atoms with E-state index >= 15 is 0 Å². The maximum atomic E-state index is 13.1. The molecule has 3 aromatic carbocycles. The normalized spacial score (nSPS) is 11.6. The Hall–Kier alpha value is -2.97. The second-order valence-electron chi connectivity index (χ2n) is 5.87. The Morgan fingerprint density at radius 3 is 2.41 bits per heavy atom. The minimum absolute atomic E-state index is 0.0886. The molecular weight excluding hydrogens is 422 g/mol. The van der Waals surface area contributed by atoms with E-state index in [0.717, 1.165) is 24.3 Å². The molecule has 150 valence electrons. The molecule has 0 heterocycles. The average molecular weight is 437 g/mol. The van der Waals surface area contributed by atoms with Gasteiger partial charge in [0, 0.05) is 11.1 Å². The number of para-hydroxylation sites is 1. The van der Waals surface area contributed by atoms with Gasteiger partial charge in [0.2, 0.25) is 0 Å². The fourth-order valence-corrected chi connectivity index (χ4v) is 3.36. The van der Waals surface area contributed by atoms with E-state index in [2.05, 4.69) is 9.93 Å². The molecule has 0 aliphatic heterocycles. The van der Waals surface area contributed by atoms with Crippen LogP contribution in [0.25, 0.3) is 0 Å². The number of hydrazone groups is 1. The van der Waals surface area contributed by atoms with E-state index in [1.165, 1.54) is 24.4 Å². The quantitative estimate of drug-likeness (QED) is 0.437.